The number of halogens is 1. The van der Waals surface area contributed by atoms with Crippen molar-refractivity contribution in [3.05, 3.63) is 89.6 Å². The zero-order valence-electron chi connectivity index (χ0n) is 15.0. The number of nitrogens with zero attached hydrogens (tertiary/aromatic N) is 3. The second kappa shape index (κ2) is 7.87. The molecular weight excluding hydrogens is 357 g/mol. The molecular formula is C21H18FN5O. The topological polar surface area (TPSA) is 89.9 Å². The molecule has 1 aromatic carbocycles. The molecule has 0 saturated carbocycles. The summed E-state index contributed by atoms with van der Waals surface area (Å²) in [7, 11) is 0. The van der Waals surface area contributed by atoms with Gasteiger partial charge in [-0.1, -0.05) is 29.4 Å². The summed E-state index contributed by atoms with van der Waals surface area (Å²) in [5, 5.41) is 7.21. The maximum atomic E-state index is 13.7. The number of benzene rings is 1. The lowest BCUT2D eigenvalue weighted by Gasteiger charge is -2.07. The maximum absolute atomic E-state index is 13.7. The minimum Gasteiger partial charge on any atom is -0.383 e. The summed E-state index contributed by atoms with van der Waals surface area (Å²) in [4.78, 5) is 8.43. The molecule has 0 spiro atoms. The Labute approximate surface area is 161 Å². The Morgan fingerprint density at radius 3 is 2.71 bits per heavy atom. The fourth-order valence-electron chi connectivity index (χ4n) is 2.82. The van der Waals surface area contributed by atoms with Crippen LogP contribution in [0.3, 0.4) is 0 Å². The second-order valence-electron chi connectivity index (χ2n) is 6.29. The highest BCUT2D eigenvalue weighted by Gasteiger charge is 2.11. The third-order valence-electron chi connectivity index (χ3n) is 4.29. The molecule has 6 nitrogen and oxygen atoms in total. The summed E-state index contributed by atoms with van der Waals surface area (Å²) in [6.45, 7) is 0.373. The van der Waals surface area contributed by atoms with Gasteiger partial charge in [0.05, 0.1) is 11.3 Å². The van der Waals surface area contributed by atoms with Crippen molar-refractivity contribution >= 4 is 11.6 Å². The van der Waals surface area contributed by atoms with Crippen molar-refractivity contribution in [3.63, 3.8) is 0 Å². The van der Waals surface area contributed by atoms with Gasteiger partial charge >= 0.3 is 0 Å². The van der Waals surface area contributed by atoms with E-state index in [0.29, 0.717) is 41.5 Å². The van der Waals surface area contributed by atoms with Gasteiger partial charge in [-0.05, 0) is 29.8 Å². The van der Waals surface area contributed by atoms with Crippen molar-refractivity contribution in [2.24, 2.45) is 0 Å². The summed E-state index contributed by atoms with van der Waals surface area (Å²) >= 11 is 0. The van der Waals surface area contributed by atoms with E-state index in [-0.39, 0.29) is 5.82 Å². The zero-order valence-corrected chi connectivity index (χ0v) is 15.0. The van der Waals surface area contributed by atoms with Crippen molar-refractivity contribution in [2.45, 2.75) is 13.0 Å². The third-order valence-corrected chi connectivity index (χ3v) is 4.29. The number of rotatable bonds is 6. The number of hydrogen-bond donors (Lipinski definition) is 2. The van der Waals surface area contributed by atoms with Crippen LogP contribution in [0, 0.1) is 5.82 Å². The molecule has 0 aliphatic rings. The van der Waals surface area contributed by atoms with Crippen LogP contribution in [-0.2, 0) is 13.0 Å². The number of pyridine rings is 2. The SMILES string of the molecule is Nc1ncccc1-c1cc(Cc2ccc(NCc3ccccc3F)nc2)no1. The monoisotopic (exact) mass is 375 g/mol. The standard InChI is InChI=1S/C21H18FN5O/c22-18-6-2-1-4-15(18)13-26-20-8-7-14(12-25-20)10-16-11-19(28-27-16)17-5-3-9-24-21(17)23/h1-9,11-12H,10,13H2,(H2,23,24)(H,25,26). The number of aromatic nitrogens is 3. The Morgan fingerprint density at radius 2 is 1.93 bits per heavy atom. The minimum absolute atomic E-state index is 0.234. The van der Waals surface area contributed by atoms with Gasteiger partial charge in [-0.3, -0.25) is 0 Å². The van der Waals surface area contributed by atoms with E-state index in [1.54, 1.807) is 30.6 Å². The highest BCUT2D eigenvalue weighted by Crippen LogP contribution is 2.25. The average Bonchev–Trinajstić information content (AvgIpc) is 3.17. The highest BCUT2D eigenvalue weighted by atomic mass is 19.1. The summed E-state index contributed by atoms with van der Waals surface area (Å²) in [5.74, 6) is 1.42. The van der Waals surface area contributed by atoms with Gasteiger partial charge < -0.3 is 15.6 Å². The van der Waals surface area contributed by atoms with Crippen LogP contribution in [0.4, 0.5) is 16.0 Å². The van der Waals surface area contributed by atoms with Gasteiger partial charge in [0.15, 0.2) is 5.76 Å². The number of hydrogen-bond acceptors (Lipinski definition) is 6. The van der Waals surface area contributed by atoms with Gasteiger partial charge in [-0.2, -0.15) is 0 Å². The smallest absolute Gasteiger partial charge is 0.170 e. The Hall–Kier alpha value is -3.74. The first-order valence-electron chi connectivity index (χ1n) is 8.78. The summed E-state index contributed by atoms with van der Waals surface area (Å²) < 4.78 is 19.0. The molecule has 140 valence electrons. The Balaban J connectivity index is 1.40. The van der Waals surface area contributed by atoms with Crippen LogP contribution in [0.15, 0.2) is 71.5 Å². The van der Waals surface area contributed by atoms with Crippen molar-refractivity contribution in [2.75, 3.05) is 11.1 Å². The Kier molecular flexibility index (Phi) is 4.97. The molecule has 0 aliphatic carbocycles. The lowest BCUT2D eigenvalue weighted by atomic mass is 10.1. The lowest BCUT2D eigenvalue weighted by molar-refractivity contribution is 0.425. The summed E-state index contributed by atoms with van der Waals surface area (Å²) in [5.41, 5.74) is 8.93. The largest absolute Gasteiger partial charge is 0.383 e. The Bertz CT molecular complexity index is 1080. The fraction of sp³-hybridized carbons (Fsp3) is 0.0952. The van der Waals surface area contributed by atoms with Gasteiger partial charge in [0.1, 0.15) is 17.5 Å². The fourth-order valence-corrected chi connectivity index (χ4v) is 2.82. The molecule has 0 bridgehead atoms. The minimum atomic E-state index is -0.234. The second-order valence-corrected chi connectivity index (χ2v) is 6.29. The van der Waals surface area contributed by atoms with Crippen LogP contribution < -0.4 is 11.1 Å². The zero-order chi connectivity index (χ0) is 19.3. The van der Waals surface area contributed by atoms with E-state index < -0.39 is 0 Å². The lowest BCUT2D eigenvalue weighted by Crippen LogP contribution is -2.03. The molecule has 4 rings (SSSR count). The van der Waals surface area contributed by atoms with Crippen LogP contribution in [0.5, 0.6) is 0 Å². The first-order valence-corrected chi connectivity index (χ1v) is 8.78. The maximum Gasteiger partial charge on any atom is 0.170 e. The van der Waals surface area contributed by atoms with Gasteiger partial charge in [0, 0.05) is 37.0 Å². The van der Waals surface area contributed by atoms with Crippen molar-refractivity contribution < 1.29 is 8.91 Å². The number of anilines is 2. The van der Waals surface area contributed by atoms with Crippen molar-refractivity contribution in [1.29, 1.82) is 0 Å². The van der Waals surface area contributed by atoms with Crippen molar-refractivity contribution in [1.82, 2.24) is 15.1 Å². The van der Waals surface area contributed by atoms with E-state index in [1.807, 2.05) is 30.3 Å². The van der Waals surface area contributed by atoms with Gasteiger partial charge in [-0.15, -0.1) is 0 Å². The van der Waals surface area contributed by atoms with E-state index >= 15 is 0 Å². The quantitative estimate of drug-likeness (QED) is 0.528. The molecule has 0 unspecified atom stereocenters. The summed E-state index contributed by atoms with van der Waals surface area (Å²) in [6.07, 6.45) is 3.96. The van der Waals surface area contributed by atoms with E-state index in [9.17, 15) is 4.39 Å². The molecule has 0 amide bonds. The van der Waals surface area contributed by atoms with Gasteiger partial charge in [-0.25, -0.2) is 14.4 Å². The van der Waals surface area contributed by atoms with Gasteiger partial charge in [0.25, 0.3) is 0 Å². The van der Waals surface area contributed by atoms with Crippen LogP contribution in [0.1, 0.15) is 16.8 Å². The molecule has 0 radical (unpaired) electrons. The molecule has 3 N–H and O–H groups in total. The van der Waals surface area contributed by atoms with E-state index in [0.717, 1.165) is 11.3 Å². The van der Waals surface area contributed by atoms with Crippen LogP contribution >= 0.6 is 0 Å². The Morgan fingerprint density at radius 1 is 1.04 bits per heavy atom. The number of nitrogens with one attached hydrogen (secondary N) is 1. The average molecular weight is 375 g/mol. The molecule has 28 heavy (non-hydrogen) atoms. The van der Waals surface area contributed by atoms with Crippen LogP contribution in [-0.4, -0.2) is 15.1 Å². The molecule has 0 aliphatic heterocycles. The first-order chi connectivity index (χ1) is 13.7. The highest BCUT2D eigenvalue weighted by molar-refractivity contribution is 5.69. The van der Waals surface area contributed by atoms with Crippen LogP contribution in [0.2, 0.25) is 0 Å². The summed E-state index contributed by atoms with van der Waals surface area (Å²) in [6, 6.07) is 15.9. The van der Waals surface area contributed by atoms with E-state index in [1.165, 1.54) is 6.07 Å². The predicted molar refractivity (Wildman–Crippen MR) is 105 cm³/mol. The predicted octanol–water partition coefficient (Wildman–Crippen LogP) is 4.06. The first kappa shape index (κ1) is 17.7. The molecule has 0 fully saturated rings. The van der Waals surface area contributed by atoms with E-state index in [2.05, 4.69) is 20.4 Å². The van der Waals surface area contributed by atoms with Gasteiger partial charge in [0.2, 0.25) is 0 Å². The molecule has 4 aromatic rings. The normalized spacial score (nSPS) is 10.8. The molecule has 0 atom stereocenters. The van der Waals surface area contributed by atoms with Crippen molar-refractivity contribution in [3.8, 4) is 11.3 Å². The van der Waals surface area contributed by atoms with E-state index in [4.69, 9.17) is 10.3 Å². The molecule has 7 heteroatoms. The number of nitrogen functional groups attached to an aromatic ring is 1. The molecule has 0 saturated heterocycles. The van der Waals surface area contributed by atoms with Crippen LogP contribution in [0.25, 0.3) is 11.3 Å². The number of nitrogens with two attached hydrogens (primary N) is 1. The third kappa shape index (κ3) is 3.98. The molecule has 3 aromatic heterocycles. The molecule has 3 heterocycles.